The Balaban J connectivity index is 1.83. The molecule has 1 unspecified atom stereocenters. The van der Waals surface area contributed by atoms with Gasteiger partial charge in [0, 0.05) is 48.2 Å². The Kier molecular flexibility index (Phi) is 4.74. The van der Waals surface area contributed by atoms with E-state index in [2.05, 4.69) is 28.9 Å². The van der Waals surface area contributed by atoms with Crippen molar-refractivity contribution in [1.29, 1.82) is 0 Å². The van der Waals surface area contributed by atoms with Gasteiger partial charge in [-0.05, 0) is 36.2 Å². The molecule has 1 atom stereocenters. The lowest BCUT2D eigenvalue weighted by Crippen LogP contribution is -2.26. The average molecular weight is 448 g/mol. The van der Waals surface area contributed by atoms with Crippen molar-refractivity contribution < 1.29 is 8.42 Å². The Hall–Kier alpha value is -3.32. The van der Waals surface area contributed by atoms with Crippen molar-refractivity contribution in [3.63, 3.8) is 0 Å². The smallest absolute Gasteiger partial charge is 0.274 e. The number of rotatable bonds is 4. The van der Waals surface area contributed by atoms with Crippen LogP contribution in [0.1, 0.15) is 31.0 Å². The van der Waals surface area contributed by atoms with E-state index in [0.717, 1.165) is 33.3 Å². The molecule has 1 aliphatic rings. The van der Waals surface area contributed by atoms with Gasteiger partial charge in [-0.25, -0.2) is 8.42 Å². The van der Waals surface area contributed by atoms with Crippen LogP contribution >= 0.6 is 0 Å². The normalized spacial score (nSPS) is 14.3. The summed E-state index contributed by atoms with van der Waals surface area (Å²) in [7, 11) is -1.66. The molecule has 0 saturated heterocycles. The summed E-state index contributed by atoms with van der Waals surface area (Å²) in [5.41, 5.74) is 5.27. The number of hydrogen-bond donors (Lipinski definition) is 1. The Morgan fingerprint density at radius 2 is 1.84 bits per heavy atom. The molecule has 6 nitrogen and oxygen atoms in total. The number of H-pyrrole nitrogens is 1. The molecular weight excluding hydrogens is 422 g/mol. The number of aromatic amines is 1. The summed E-state index contributed by atoms with van der Waals surface area (Å²) >= 11 is 0. The third-order valence-electron chi connectivity index (χ3n) is 6.49. The van der Waals surface area contributed by atoms with Crippen LogP contribution in [0.4, 0.5) is 5.69 Å². The zero-order valence-electron chi connectivity index (χ0n) is 18.3. The summed E-state index contributed by atoms with van der Waals surface area (Å²) in [5.74, 6) is 0.0357. The van der Waals surface area contributed by atoms with Gasteiger partial charge in [-0.3, -0.25) is 4.79 Å². The minimum Gasteiger partial charge on any atom is -0.360 e. The number of pyridine rings is 1. The number of aromatic nitrogens is 2. The number of fused-ring (bicyclic) bond motifs is 2. The first-order valence-electron chi connectivity index (χ1n) is 10.7. The maximum Gasteiger partial charge on any atom is 0.274 e. The number of nitrogens with zero attached hydrogens (tertiary/aromatic N) is 2. The van der Waals surface area contributed by atoms with Crippen LogP contribution < -0.4 is 10.5 Å². The zero-order valence-corrected chi connectivity index (χ0v) is 19.1. The maximum absolute atomic E-state index is 12.8. The minimum absolute atomic E-state index is 0.0357. The molecule has 7 heteroatoms. The summed E-state index contributed by atoms with van der Waals surface area (Å²) in [4.78, 5) is 18.5. The van der Waals surface area contributed by atoms with Crippen LogP contribution in [0.2, 0.25) is 0 Å². The van der Waals surface area contributed by atoms with Gasteiger partial charge in [0.15, 0.2) is 9.84 Å². The van der Waals surface area contributed by atoms with Crippen molar-refractivity contribution >= 4 is 26.4 Å². The highest BCUT2D eigenvalue weighted by Gasteiger charge is 2.28. The highest BCUT2D eigenvalue weighted by molar-refractivity contribution is 7.91. The number of aryl methyl sites for hydroxylation is 1. The van der Waals surface area contributed by atoms with Crippen molar-refractivity contribution in [1.82, 2.24) is 9.55 Å². The molecule has 0 spiro atoms. The van der Waals surface area contributed by atoms with Gasteiger partial charge >= 0.3 is 0 Å². The van der Waals surface area contributed by atoms with Crippen LogP contribution in [0.15, 0.2) is 70.6 Å². The standard InChI is InChI=1S/C25H25N3O3S/c1-4-32(30,31)19-10-11-22-20(12-19)21-15-27(3)25(29)24-23(21)18(13-26-24)14-28(22)16(2)17-8-6-5-7-9-17/h5-13,15-16,26H,4,14H2,1-3H3. The third kappa shape index (κ3) is 3.07. The fourth-order valence-corrected chi connectivity index (χ4v) is 5.54. The van der Waals surface area contributed by atoms with Gasteiger partial charge in [-0.2, -0.15) is 0 Å². The number of benzene rings is 2. The van der Waals surface area contributed by atoms with E-state index in [1.165, 1.54) is 0 Å². The Morgan fingerprint density at radius 1 is 1.09 bits per heavy atom. The molecule has 2 aromatic heterocycles. The highest BCUT2D eigenvalue weighted by Crippen LogP contribution is 2.44. The molecule has 2 aromatic carbocycles. The van der Waals surface area contributed by atoms with E-state index >= 15 is 0 Å². The van der Waals surface area contributed by atoms with E-state index in [1.54, 1.807) is 30.7 Å². The number of anilines is 1. The monoisotopic (exact) mass is 447 g/mol. The Bertz CT molecular complexity index is 1500. The van der Waals surface area contributed by atoms with Gasteiger partial charge in [0.1, 0.15) is 5.52 Å². The van der Waals surface area contributed by atoms with E-state index in [4.69, 9.17) is 0 Å². The largest absolute Gasteiger partial charge is 0.360 e. The third-order valence-corrected chi connectivity index (χ3v) is 8.22. The van der Waals surface area contributed by atoms with Crippen LogP contribution in [0.5, 0.6) is 0 Å². The van der Waals surface area contributed by atoms with E-state index in [9.17, 15) is 13.2 Å². The molecule has 1 aliphatic heterocycles. The lowest BCUT2D eigenvalue weighted by atomic mass is 10.0. The SMILES string of the molecule is CCS(=O)(=O)c1ccc2c(c1)-c1cn(C)c(=O)c3[nH]cc(c13)CN2C(C)c1ccccc1. The minimum atomic E-state index is -3.38. The second-order valence-corrected chi connectivity index (χ2v) is 10.6. The number of hydrogen-bond acceptors (Lipinski definition) is 4. The zero-order chi connectivity index (χ0) is 22.6. The molecule has 4 aromatic rings. The Labute approximate surface area is 187 Å². The van der Waals surface area contributed by atoms with Gasteiger partial charge in [0.05, 0.1) is 16.7 Å². The Morgan fingerprint density at radius 3 is 2.56 bits per heavy atom. The molecule has 5 rings (SSSR count). The van der Waals surface area contributed by atoms with E-state index in [1.807, 2.05) is 36.7 Å². The average Bonchev–Trinajstić information content (AvgIpc) is 3.18. The van der Waals surface area contributed by atoms with Crippen molar-refractivity contribution in [2.45, 2.75) is 31.3 Å². The predicted octanol–water partition coefficient (Wildman–Crippen LogP) is 4.41. The molecule has 32 heavy (non-hydrogen) atoms. The first-order chi connectivity index (χ1) is 15.3. The molecular formula is C25H25N3O3S. The second kappa shape index (κ2) is 7.38. The number of sulfone groups is 1. The quantitative estimate of drug-likeness (QED) is 0.503. The van der Waals surface area contributed by atoms with Crippen molar-refractivity contribution in [3.05, 3.63) is 82.4 Å². The molecule has 0 amide bonds. The fourth-order valence-electron chi connectivity index (χ4n) is 4.63. The van der Waals surface area contributed by atoms with Crippen LogP contribution in [-0.2, 0) is 23.4 Å². The van der Waals surface area contributed by atoms with Crippen molar-refractivity contribution in [2.75, 3.05) is 10.7 Å². The lowest BCUT2D eigenvalue weighted by molar-refractivity contribution is 0.597. The van der Waals surface area contributed by atoms with Crippen LogP contribution in [0.3, 0.4) is 0 Å². The molecule has 3 heterocycles. The van der Waals surface area contributed by atoms with Crippen molar-refractivity contribution in [3.8, 4) is 11.1 Å². The molecule has 0 bridgehead atoms. The molecule has 164 valence electrons. The van der Waals surface area contributed by atoms with Gasteiger partial charge in [0.2, 0.25) is 0 Å². The fraction of sp³-hybridized carbons (Fsp3) is 0.240. The van der Waals surface area contributed by atoms with Crippen LogP contribution in [0.25, 0.3) is 22.0 Å². The highest BCUT2D eigenvalue weighted by atomic mass is 32.2. The second-order valence-electron chi connectivity index (χ2n) is 8.32. The molecule has 0 aliphatic carbocycles. The molecule has 1 N–H and O–H groups in total. The van der Waals surface area contributed by atoms with E-state index in [-0.39, 0.29) is 17.4 Å². The first kappa shape index (κ1) is 20.6. The van der Waals surface area contributed by atoms with Gasteiger partial charge < -0.3 is 14.5 Å². The summed E-state index contributed by atoms with van der Waals surface area (Å²) in [6, 6.07) is 15.6. The summed E-state index contributed by atoms with van der Waals surface area (Å²) in [6.45, 7) is 4.40. The van der Waals surface area contributed by atoms with Crippen LogP contribution in [0, 0.1) is 0 Å². The maximum atomic E-state index is 12.8. The summed E-state index contributed by atoms with van der Waals surface area (Å²) in [5, 5.41) is 0.864. The number of nitrogens with one attached hydrogen (secondary N) is 1. The summed E-state index contributed by atoms with van der Waals surface area (Å²) < 4.78 is 26.9. The first-order valence-corrected chi connectivity index (χ1v) is 12.4. The topological polar surface area (TPSA) is 75.2 Å². The van der Waals surface area contributed by atoms with Crippen molar-refractivity contribution in [2.24, 2.45) is 7.05 Å². The van der Waals surface area contributed by atoms with Gasteiger partial charge in [-0.15, -0.1) is 0 Å². The lowest BCUT2D eigenvalue weighted by Gasteiger charge is -2.32. The van der Waals surface area contributed by atoms with Crippen LogP contribution in [-0.4, -0.2) is 23.7 Å². The predicted molar refractivity (Wildman–Crippen MR) is 128 cm³/mol. The molecule has 0 saturated carbocycles. The van der Waals surface area contributed by atoms with E-state index in [0.29, 0.717) is 17.0 Å². The van der Waals surface area contributed by atoms with E-state index < -0.39 is 9.84 Å². The molecule has 0 fully saturated rings. The van der Waals surface area contributed by atoms with Gasteiger partial charge in [-0.1, -0.05) is 37.3 Å². The van der Waals surface area contributed by atoms with Gasteiger partial charge in [0.25, 0.3) is 5.56 Å². The summed E-state index contributed by atoms with van der Waals surface area (Å²) in [6.07, 6.45) is 3.72. The molecule has 0 radical (unpaired) electrons.